The second kappa shape index (κ2) is 10.2. The number of nitrogens with zero attached hydrogens (tertiary/aromatic N) is 3. The van der Waals surface area contributed by atoms with Gasteiger partial charge in [0.1, 0.15) is 5.39 Å². The highest BCUT2D eigenvalue weighted by Crippen LogP contribution is 2.40. The molecule has 10 nitrogen and oxygen atoms in total. The van der Waals surface area contributed by atoms with Crippen molar-refractivity contribution in [2.75, 3.05) is 32.4 Å². The smallest absolute Gasteiger partial charge is 0.269 e. The number of methoxy groups -OCH3 is 3. The predicted octanol–water partition coefficient (Wildman–Crippen LogP) is 4.02. The van der Waals surface area contributed by atoms with E-state index in [1.807, 2.05) is 42.5 Å². The first kappa shape index (κ1) is 24.2. The number of anilines is 1. The number of nitrogens with one attached hydrogen (secondary N) is 2. The van der Waals surface area contributed by atoms with Crippen molar-refractivity contribution < 1.29 is 19.0 Å². The van der Waals surface area contributed by atoms with Crippen molar-refractivity contribution in [1.82, 2.24) is 19.7 Å². The van der Waals surface area contributed by atoms with Crippen LogP contribution in [0.15, 0.2) is 70.7 Å². The number of thioether (sulfide) groups is 1. The van der Waals surface area contributed by atoms with E-state index in [2.05, 4.69) is 20.5 Å². The molecule has 0 aliphatic carbocycles. The van der Waals surface area contributed by atoms with Crippen molar-refractivity contribution in [3.8, 4) is 22.9 Å². The highest BCUT2D eigenvalue weighted by Gasteiger charge is 2.19. The average molecular weight is 518 g/mol. The van der Waals surface area contributed by atoms with Crippen LogP contribution in [0.25, 0.3) is 27.5 Å². The molecular formula is C26H23N5O5S. The Morgan fingerprint density at radius 3 is 2.46 bits per heavy atom. The number of amides is 1. The van der Waals surface area contributed by atoms with E-state index >= 15 is 0 Å². The molecule has 2 N–H and O–H groups in total. The number of benzene rings is 3. The van der Waals surface area contributed by atoms with Crippen molar-refractivity contribution in [3.63, 3.8) is 0 Å². The maximum atomic E-state index is 13.5. The van der Waals surface area contributed by atoms with E-state index in [4.69, 9.17) is 14.2 Å². The lowest BCUT2D eigenvalue weighted by Gasteiger charge is -2.15. The molecule has 0 bridgehead atoms. The van der Waals surface area contributed by atoms with Gasteiger partial charge >= 0.3 is 0 Å². The maximum absolute atomic E-state index is 13.5. The van der Waals surface area contributed by atoms with E-state index < -0.39 is 0 Å². The quantitative estimate of drug-likeness (QED) is 0.234. The molecule has 0 saturated carbocycles. The summed E-state index contributed by atoms with van der Waals surface area (Å²) in [6, 6.07) is 16.8. The molecule has 0 saturated heterocycles. The lowest BCUT2D eigenvalue weighted by atomic mass is 10.1. The largest absolute Gasteiger partial charge is 0.493 e. The van der Waals surface area contributed by atoms with E-state index in [-0.39, 0.29) is 17.2 Å². The zero-order valence-electron chi connectivity index (χ0n) is 20.3. The number of rotatable bonds is 8. The maximum Gasteiger partial charge on any atom is 0.269 e. The van der Waals surface area contributed by atoms with Crippen LogP contribution in [0.4, 0.5) is 5.69 Å². The van der Waals surface area contributed by atoms with E-state index in [9.17, 15) is 9.59 Å². The number of aromatic amines is 1. The van der Waals surface area contributed by atoms with Gasteiger partial charge in [-0.25, -0.2) is 4.98 Å². The fraction of sp³-hybridized carbons (Fsp3) is 0.154. The first-order valence-electron chi connectivity index (χ1n) is 11.2. The third kappa shape index (κ3) is 4.56. The Morgan fingerprint density at radius 2 is 1.73 bits per heavy atom. The zero-order chi connectivity index (χ0) is 25.9. The molecule has 3 aromatic carbocycles. The van der Waals surface area contributed by atoms with Crippen molar-refractivity contribution >= 4 is 45.2 Å². The number of hydrogen-bond acceptors (Lipinski definition) is 8. The van der Waals surface area contributed by atoms with Gasteiger partial charge in [-0.05, 0) is 11.5 Å². The Hall–Kier alpha value is -4.51. The monoisotopic (exact) mass is 517 g/mol. The summed E-state index contributed by atoms with van der Waals surface area (Å²) in [4.78, 5) is 31.0. The summed E-state index contributed by atoms with van der Waals surface area (Å²) in [6.07, 6.45) is 1.46. The summed E-state index contributed by atoms with van der Waals surface area (Å²) in [7, 11) is 4.51. The van der Waals surface area contributed by atoms with Crippen LogP contribution in [-0.2, 0) is 4.79 Å². The lowest BCUT2D eigenvalue weighted by molar-refractivity contribution is -0.113. The number of H-pyrrole nitrogens is 1. The number of hydrogen-bond donors (Lipinski definition) is 2. The summed E-state index contributed by atoms with van der Waals surface area (Å²) in [5.74, 6) is 0.950. The fourth-order valence-electron chi connectivity index (χ4n) is 4.07. The molecular weight excluding hydrogens is 494 g/mol. The Morgan fingerprint density at radius 1 is 1.00 bits per heavy atom. The van der Waals surface area contributed by atoms with Crippen molar-refractivity contribution in [1.29, 1.82) is 0 Å². The highest BCUT2D eigenvalue weighted by atomic mass is 32.2. The molecule has 0 unspecified atom stereocenters. The molecule has 0 radical (unpaired) electrons. The third-order valence-corrected chi connectivity index (χ3v) is 6.68. The van der Waals surface area contributed by atoms with Crippen LogP contribution in [-0.4, -0.2) is 52.7 Å². The molecule has 5 aromatic rings. The van der Waals surface area contributed by atoms with Gasteiger partial charge in [0.2, 0.25) is 11.7 Å². The summed E-state index contributed by atoms with van der Waals surface area (Å²) in [5, 5.41) is 12.2. The molecule has 1 amide bonds. The standard InChI is InChI=1S/C26H23N5O5S/c1-34-20-11-16(12-21(35-2)23(20)36-3)28-22(32)14-37-26-29-24-18(13-27-30-24)25(33)31(26)19-10-6-8-15-7-4-5-9-17(15)19/h4-13H,14H2,1-3H3,(H,27,30)(H,28,32). The van der Waals surface area contributed by atoms with Crippen LogP contribution in [0.3, 0.4) is 0 Å². The number of aromatic nitrogens is 4. The van der Waals surface area contributed by atoms with Crippen molar-refractivity contribution in [3.05, 3.63) is 71.1 Å². The molecule has 0 spiro atoms. The highest BCUT2D eigenvalue weighted by molar-refractivity contribution is 7.99. The first-order chi connectivity index (χ1) is 18.0. The van der Waals surface area contributed by atoms with E-state index in [1.54, 1.807) is 12.1 Å². The SMILES string of the molecule is COc1cc(NC(=O)CSc2nc3[nH]ncc3c(=O)n2-c2cccc3ccccc23)cc(OC)c1OC. The number of fused-ring (bicyclic) bond motifs is 2. The van der Waals surface area contributed by atoms with Crippen molar-refractivity contribution in [2.24, 2.45) is 0 Å². The summed E-state index contributed by atoms with van der Waals surface area (Å²) in [5.41, 5.74) is 1.23. The summed E-state index contributed by atoms with van der Waals surface area (Å²) < 4.78 is 17.6. The molecule has 0 atom stereocenters. The van der Waals surface area contributed by atoms with E-state index in [0.29, 0.717) is 44.8 Å². The molecule has 37 heavy (non-hydrogen) atoms. The van der Waals surface area contributed by atoms with Gasteiger partial charge in [0.05, 0.1) is 39.0 Å². The molecule has 0 fully saturated rings. The van der Waals surface area contributed by atoms with Crippen LogP contribution in [0.2, 0.25) is 0 Å². The van der Waals surface area contributed by atoms with Gasteiger partial charge in [-0.3, -0.25) is 19.3 Å². The van der Waals surface area contributed by atoms with Crippen LogP contribution >= 0.6 is 11.8 Å². The second-order valence-electron chi connectivity index (χ2n) is 7.92. The molecule has 2 aromatic heterocycles. The Kier molecular flexibility index (Phi) is 6.69. The van der Waals surface area contributed by atoms with Gasteiger partial charge in [-0.2, -0.15) is 5.10 Å². The molecule has 11 heteroatoms. The fourth-order valence-corrected chi connectivity index (χ4v) is 4.87. The second-order valence-corrected chi connectivity index (χ2v) is 8.86. The normalized spacial score (nSPS) is 11.0. The van der Waals surface area contributed by atoms with Crippen molar-refractivity contribution in [2.45, 2.75) is 5.16 Å². The lowest BCUT2D eigenvalue weighted by Crippen LogP contribution is -2.22. The third-order valence-electron chi connectivity index (χ3n) is 5.74. The van der Waals surface area contributed by atoms with E-state index in [1.165, 1.54) is 32.1 Å². The molecule has 188 valence electrons. The minimum Gasteiger partial charge on any atom is -0.493 e. The topological polar surface area (TPSA) is 120 Å². The average Bonchev–Trinajstić information content (AvgIpc) is 3.40. The molecule has 0 aliphatic heterocycles. The molecule has 0 aliphatic rings. The molecule has 5 rings (SSSR count). The Bertz CT molecular complexity index is 1650. The minimum absolute atomic E-state index is 0.00644. The van der Waals surface area contributed by atoms with Gasteiger partial charge in [0.25, 0.3) is 5.56 Å². The zero-order valence-corrected chi connectivity index (χ0v) is 21.1. The van der Waals surface area contributed by atoms with Crippen LogP contribution in [0.1, 0.15) is 0 Å². The number of carbonyl (C=O) groups excluding carboxylic acids is 1. The van der Waals surface area contributed by atoms with Crippen LogP contribution in [0, 0.1) is 0 Å². The Labute approximate surface area is 215 Å². The summed E-state index contributed by atoms with van der Waals surface area (Å²) in [6.45, 7) is 0. The van der Waals surface area contributed by atoms with Gasteiger partial charge in [0.15, 0.2) is 22.3 Å². The minimum atomic E-state index is -0.303. The van der Waals surface area contributed by atoms with E-state index in [0.717, 1.165) is 22.5 Å². The van der Waals surface area contributed by atoms with Gasteiger partial charge < -0.3 is 19.5 Å². The predicted molar refractivity (Wildman–Crippen MR) is 142 cm³/mol. The van der Waals surface area contributed by atoms with Crippen LogP contribution in [0.5, 0.6) is 17.2 Å². The summed E-state index contributed by atoms with van der Waals surface area (Å²) >= 11 is 1.14. The first-order valence-corrected chi connectivity index (χ1v) is 12.2. The van der Waals surface area contributed by atoms with Gasteiger partial charge in [-0.15, -0.1) is 0 Å². The molecule has 2 heterocycles. The Balaban J connectivity index is 1.48. The van der Waals surface area contributed by atoms with Gasteiger partial charge in [-0.1, -0.05) is 48.2 Å². The number of carbonyl (C=O) groups is 1. The van der Waals surface area contributed by atoms with Gasteiger partial charge in [0, 0.05) is 23.2 Å². The van der Waals surface area contributed by atoms with Crippen LogP contribution < -0.4 is 25.1 Å². The number of ether oxygens (including phenoxy) is 3.